The van der Waals surface area contributed by atoms with E-state index >= 15 is 0 Å². The van der Waals surface area contributed by atoms with Crippen LogP contribution >= 0.6 is 0 Å². The maximum Gasteiger partial charge on any atom is 0.305 e. The number of hydrogen-bond donors (Lipinski definition) is 3. The Bertz CT molecular complexity index is 1090. The van der Waals surface area contributed by atoms with Crippen LogP contribution in [0.2, 0.25) is 0 Å². The first-order valence-electron chi connectivity index (χ1n) is 13.8. The van der Waals surface area contributed by atoms with Crippen molar-refractivity contribution in [2.24, 2.45) is 29.1 Å². The largest absolute Gasteiger partial charge is 0.465 e. The molecule has 0 amide bonds. The Labute approximate surface area is 224 Å². The van der Waals surface area contributed by atoms with Gasteiger partial charge in [0.1, 0.15) is 17.8 Å². The van der Waals surface area contributed by atoms with Gasteiger partial charge in [-0.05, 0) is 56.6 Å². The van der Waals surface area contributed by atoms with Crippen LogP contribution in [-0.2, 0) is 23.9 Å². The first-order valence-corrected chi connectivity index (χ1v) is 13.8. The molecule has 2 saturated carbocycles. The zero-order valence-electron chi connectivity index (χ0n) is 23.2. The number of carbonyl (C=O) groups is 3. The Morgan fingerprint density at radius 1 is 1.21 bits per heavy atom. The number of rotatable bonds is 9. The molecule has 0 radical (unpaired) electrons. The molecule has 8 atom stereocenters. The zero-order chi connectivity index (χ0) is 28.1. The fourth-order valence-electron chi connectivity index (χ4n) is 7.88. The molecular weight excluding hydrogens is 488 g/mol. The minimum atomic E-state index is -1.86. The van der Waals surface area contributed by atoms with Crippen molar-refractivity contribution in [3.63, 3.8) is 0 Å². The Morgan fingerprint density at radius 2 is 1.92 bits per heavy atom. The number of unbranched alkanes of at least 4 members (excludes halogenated alkanes) is 2. The average Bonchev–Trinajstić information content (AvgIpc) is 3.30. The standard InChI is InChI=1S/C30H42O8/c1-6-7-8-9-10-11-24(33)37-17-27(5)25-22-13-21(16-31)15-28(35)23(12-18(2)26(28)34)30(22,36)19(3)14-29(25,27)38-20(4)32/h6-7,12-13,19,22-23,25,31,35-36H,8-11,14-17H2,1-5H3. The molecule has 4 aliphatic carbocycles. The molecule has 4 rings (SSSR count). The van der Waals surface area contributed by atoms with Crippen molar-refractivity contribution in [2.45, 2.75) is 89.9 Å². The van der Waals surface area contributed by atoms with Gasteiger partial charge in [0.2, 0.25) is 0 Å². The smallest absolute Gasteiger partial charge is 0.305 e. The summed E-state index contributed by atoms with van der Waals surface area (Å²) in [6.07, 6.45) is 10.5. The van der Waals surface area contributed by atoms with Crippen LogP contribution in [0.1, 0.15) is 73.1 Å². The van der Waals surface area contributed by atoms with Crippen LogP contribution in [0.4, 0.5) is 0 Å². The highest BCUT2D eigenvalue weighted by Gasteiger charge is 2.85. The van der Waals surface area contributed by atoms with Gasteiger partial charge in [0.05, 0.1) is 12.2 Å². The molecule has 0 spiro atoms. The number of allylic oxidation sites excluding steroid dienone is 2. The molecule has 0 heterocycles. The summed E-state index contributed by atoms with van der Waals surface area (Å²) < 4.78 is 11.7. The van der Waals surface area contributed by atoms with Gasteiger partial charge in [-0.3, -0.25) is 14.4 Å². The summed E-state index contributed by atoms with van der Waals surface area (Å²) in [5, 5.41) is 34.2. The molecule has 0 aromatic heterocycles. The van der Waals surface area contributed by atoms with E-state index in [1.54, 1.807) is 19.1 Å². The van der Waals surface area contributed by atoms with Gasteiger partial charge in [0, 0.05) is 42.9 Å². The normalized spacial score (nSPS) is 41.4. The summed E-state index contributed by atoms with van der Waals surface area (Å²) >= 11 is 0. The van der Waals surface area contributed by atoms with Crippen LogP contribution in [0.3, 0.4) is 0 Å². The van der Waals surface area contributed by atoms with Crippen molar-refractivity contribution < 1.29 is 39.2 Å². The lowest BCUT2D eigenvalue weighted by Crippen LogP contribution is -2.61. The molecule has 8 heteroatoms. The van der Waals surface area contributed by atoms with Gasteiger partial charge in [0.25, 0.3) is 0 Å². The Morgan fingerprint density at radius 3 is 2.55 bits per heavy atom. The minimum Gasteiger partial charge on any atom is -0.465 e. The van der Waals surface area contributed by atoms with Gasteiger partial charge in [-0.2, -0.15) is 0 Å². The molecule has 0 aromatic carbocycles. The molecule has 210 valence electrons. The average molecular weight is 531 g/mol. The van der Waals surface area contributed by atoms with E-state index in [-0.39, 0.29) is 32.0 Å². The van der Waals surface area contributed by atoms with Crippen molar-refractivity contribution >= 4 is 17.7 Å². The number of Topliss-reactive ketones (excluding diaryl/α,β-unsaturated/α-hetero) is 1. The maximum atomic E-state index is 13.1. The van der Waals surface area contributed by atoms with Crippen LogP contribution in [0.5, 0.6) is 0 Å². The summed E-state index contributed by atoms with van der Waals surface area (Å²) in [6, 6.07) is 0. The lowest BCUT2D eigenvalue weighted by Gasteiger charge is -2.50. The Balaban J connectivity index is 1.67. The summed E-state index contributed by atoms with van der Waals surface area (Å²) in [5.41, 5.74) is -4.33. The number of carbonyl (C=O) groups excluding carboxylic acids is 3. The van der Waals surface area contributed by atoms with E-state index in [4.69, 9.17) is 9.47 Å². The molecule has 3 N–H and O–H groups in total. The second-order valence-corrected chi connectivity index (χ2v) is 12.1. The summed E-state index contributed by atoms with van der Waals surface area (Å²) in [5.74, 6) is -3.67. The first kappa shape index (κ1) is 28.7. The minimum absolute atomic E-state index is 0.0168. The third kappa shape index (κ3) is 4.20. The third-order valence-corrected chi connectivity index (χ3v) is 9.76. The van der Waals surface area contributed by atoms with E-state index < -0.39 is 57.6 Å². The van der Waals surface area contributed by atoms with Crippen molar-refractivity contribution in [1.29, 1.82) is 0 Å². The van der Waals surface area contributed by atoms with E-state index in [1.807, 2.05) is 26.8 Å². The predicted octanol–water partition coefficient (Wildman–Crippen LogP) is 3.19. The molecule has 4 aliphatic rings. The van der Waals surface area contributed by atoms with Crippen LogP contribution in [0, 0.1) is 29.1 Å². The number of esters is 2. The van der Waals surface area contributed by atoms with Crippen molar-refractivity contribution in [1.82, 2.24) is 0 Å². The van der Waals surface area contributed by atoms with Gasteiger partial charge in [0.15, 0.2) is 5.78 Å². The molecule has 0 aromatic rings. The van der Waals surface area contributed by atoms with E-state index in [0.29, 0.717) is 24.0 Å². The maximum absolute atomic E-state index is 13.1. The summed E-state index contributed by atoms with van der Waals surface area (Å²) in [4.78, 5) is 38.0. The molecule has 8 unspecified atom stereocenters. The summed E-state index contributed by atoms with van der Waals surface area (Å²) in [7, 11) is 0. The van der Waals surface area contributed by atoms with Crippen LogP contribution in [0.15, 0.2) is 35.5 Å². The number of aliphatic hydroxyl groups is 3. The van der Waals surface area contributed by atoms with E-state index in [0.717, 1.165) is 12.8 Å². The Hall–Kier alpha value is -2.29. The van der Waals surface area contributed by atoms with Crippen molar-refractivity contribution in [3.05, 3.63) is 35.5 Å². The van der Waals surface area contributed by atoms with E-state index in [9.17, 15) is 29.7 Å². The predicted molar refractivity (Wildman–Crippen MR) is 140 cm³/mol. The fraction of sp³-hybridized carbons (Fsp3) is 0.700. The fourth-order valence-corrected chi connectivity index (χ4v) is 7.88. The van der Waals surface area contributed by atoms with Gasteiger partial charge < -0.3 is 24.8 Å². The molecule has 0 saturated heterocycles. The molecular formula is C30H42O8. The van der Waals surface area contributed by atoms with Crippen LogP contribution < -0.4 is 0 Å². The van der Waals surface area contributed by atoms with Gasteiger partial charge >= 0.3 is 11.9 Å². The number of fused-ring (bicyclic) bond motifs is 5. The monoisotopic (exact) mass is 530 g/mol. The SMILES string of the molecule is CC=CCCCCC(=O)OCC1(C)C2C3C=C(CO)CC4(O)C(=O)C(C)=CC4C3(O)C(C)CC21OC(C)=O. The highest BCUT2D eigenvalue weighted by molar-refractivity contribution is 6.04. The molecule has 0 aliphatic heterocycles. The van der Waals surface area contributed by atoms with Crippen molar-refractivity contribution in [3.8, 4) is 0 Å². The number of ether oxygens (including phenoxy) is 2. The van der Waals surface area contributed by atoms with Gasteiger partial charge in [-0.15, -0.1) is 0 Å². The van der Waals surface area contributed by atoms with Crippen LogP contribution in [0.25, 0.3) is 0 Å². The number of ketones is 1. The van der Waals surface area contributed by atoms with Crippen LogP contribution in [-0.4, -0.2) is 63.1 Å². The lowest BCUT2D eigenvalue weighted by atomic mass is 9.60. The van der Waals surface area contributed by atoms with Gasteiger partial charge in [-0.25, -0.2) is 0 Å². The topological polar surface area (TPSA) is 130 Å². The highest BCUT2D eigenvalue weighted by Crippen LogP contribution is 2.76. The second-order valence-electron chi connectivity index (χ2n) is 12.1. The molecule has 38 heavy (non-hydrogen) atoms. The number of hydrogen-bond acceptors (Lipinski definition) is 8. The number of aliphatic hydroxyl groups excluding tert-OH is 1. The van der Waals surface area contributed by atoms with Gasteiger partial charge in [-0.1, -0.05) is 38.2 Å². The molecule has 8 nitrogen and oxygen atoms in total. The molecule has 0 bridgehead atoms. The zero-order valence-corrected chi connectivity index (χ0v) is 23.2. The highest BCUT2D eigenvalue weighted by atomic mass is 16.6. The van der Waals surface area contributed by atoms with E-state index in [2.05, 4.69) is 6.08 Å². The molecule has 2 fully saturated rings. The lowest BCUT2D eigenvalue weighted by molar-refractivity contribution is -0.186. The first-order chi connectivity index (χ1) is 17.8. The van der Waals surface area contributed by atoms with E-state index in [1.165, 1.54) is 6.92 Å². The Kier molecular flexibility index (Phi) is 7.58. The van der Waals surface area contributed by atoms with Crippen molar-refractivity contribution in [2.75, 3.05) is 13.2 Å². The quantitative estimate of drug-likeness (QED) is 0.235. The second kappa shape index (κ2) is 10.0. The summed E-state index contributed by atoms with van der Waals surface area (Å²) in [6.45, 7) is 8.32. The third-order valence-electron chi connectivity index (χ3n) is 9.76.